The zero-order chi connectivity index (χ0) is 15.8. The second-order valence-electron chi connectivity index (χ2n) is 5.66. The van der Waals surface area contributed by atoms with Crippen molar-refractivity contribution < 1.29 is 4.57 Å². The average Bonchev–Trinajstić information content (AvgIpc) is 3.00. The first-order chi connectivity index (χ1) is 11.3. The second kappa shape index (κ2) is 6.28. The van der Waals surface area contributed by atoms with Gasteiger partial charge < -0.3 is 0 Å². The molecular formula is C18H17IN3S+. The van der Waals surface area contributed by atoms with Gasteiger partial charge in [-0.15, -0.1) is 0 Å². The molecule has 0 radical (unpaired) electrons. The smallest absolute Gasteiger partial charge is 0.184 e. The van der Waals surface area contributed by atoms with Crippen LogP contribution in [0.2, 0.25) is 0 Å². The summed E-state index contributed by atoms with van der Waals surface area (Å²) in [6, 6.07) is 21.4. The molecule has 2 atom stereocenters. The van der Waals surface area contributed by atoms with E-state index in [-0.39, 0.29) is 0 Å². The lowest BCUT2D eigenvalue weighted by atomic mass is 10.2. The van der Waals surface area contributed by atoms with Gasteiger partial charge in [-0.2, -0.15) is 4.57 Å². The molecule has 1 aliphatic heterocycles. The third-order valence-corrected chi connectivity index (χ3v) is 7.36. The van der Waals surface area contributed by atoms with Gasteiger partial charge in [0.05, 0.1) is 9.49 Å². The number of hydrogen-bond donors (Lipinski definition) is 0. The Morgan fingerprint density at radius 2 is 1.74 bits per heavy atom. The Labute approximate surface area is 153 Å². The number of alkyl halides is 1. The molecule has 2 aromatic carbocycles. The third-order valence-electron chi connectivity index (χ3n) is 4.13. The Morgan fingerprint density at radius 1 is 1.09 bits per heavy atom. The van der Waals surface area contributed by atoms with Gasteiger partial charge >= 0.3 is 11.0 Å². The SMILES string of the molecule is CC1C(I)CSc2n1nc(-c1ccccc1)[n+]2-c1ccccc1. The van der Waals surface area contributed by atoms with Crippen molar-refractivity contribution >= 4 is 34.4 Å². The van der Waals surface area contributed by atoms with Gasteiger partial charge in [0.25, 0.3) is 0 Å². The summed E-state index contributed by atoms with van der Waals surface area (Å²) in [5.74, 6) is 2.13. The minimum absolute atomic E-state index is 0.402. The third kappa shape index (κ3) is 2.70. The maximum atomic E-state index is 4.98. The van der Waals surface area contributed by atoms with Crippen LogP contribution in [0.25, 0.3) is 17.1 Å². The highest BCUT2D eigenvalue weighted by atomic mass is 127. The lowest BCUT2D eigenvalue weighted by molar-refractivity contribution is -0.627. The molecule has 3 aromatic rings. The van der Waals surface area contributed by atoms with Gasteiger partial charge in [-0.05, 0) is 31.2 Å². The van der Waals surface area contributed by atoms with Crippen molar-refractivity contribution in [3.05, 3.63) is 60.7 Å². The summed E-state index contributed by atoms with van der Waals surface area (Å²) in [5, 5.41) is 6.20. The number of halogens is 1. The fourth-order valence-electron chi connectivity index (χ4n) is 2.81. The molecule has 1 aliphatic rings. The van der Waals surface area contributed by atoms with E-state index in [1.807, 2.05) is 17.8 Å². The first-order valence-corrected chi connectivity index (χ1v) is 9.91. The average molecular weight is 434 g/mol. The summed E-state index contributed by atoms with van der Waals surface area (Å²) in [4.78, 5) is 0. The lowest BCUT2D eigenvalue weighted by Crippen LogP contribution is -2.37. The van der Waals surface area contributed by atoms with Crippen LogP contribution in [0.5, 0.6) is 0 Å². The van der Waals surface area contributed by atoms with Crippen LogP contribution >= 0.6 is 34.4 Å². The molecule has 0 aliphatic carbocycles. The van der Waals surface area contributed by atoms with Gasteiger partial charge in [-0.1, -0.05) is 75.4 Å². The fourth-order valence-corrected chi connectivity index (χ4v) is 4.90. The van der Waals surface area contributed by atoms with Crippen LogP contribution in [-0.4, -0.2) is 19.5 Å². The highest BCUT2D eigenvalue weighted by Crippen LogP contribution is 2.35. The molecule has 4 rings (SSSR count). The highest BCUT2D eigenvalue weighted by Gasteiger charge is 2.38. The normalized spacial score (nSPS) is 20.3. The number of benzene rings is 2. The van der Waals surface area contributed by atoms with Crippen molar-refractivity contribution in [1.82, 2.24) is 9.78 Å². The van der Waals surface area contributed by atoms with Crippen LogP contribution < -0.4 is 4.57 Å². The maximum Gasteiger partial charge on any atom is 0.314 e. The number of nitrogens with zero attached hydrogens (tertiary/aromatic N) is 3. The largest absolute Gasteiger partial charge is 0.314 e. The van der Waals surface area contributed by atoms with Crippen LogP contribution in [0.1, 0.15) is 13.0 Å². The van der Waals surface area contributed by atoms with Crippen molar-refractivity contribution in [1.29, 1.82) is 0 Å². The second-order valence-corrected chi connectivity index (χ2v) is 8.24. The predicted molar refractivity (Wildman–Crippen MR) is 102 cm³/mol. The molecule has 0 bridgehead atoms. The molecule has 0 fully saturated rings. The molecular weight excluding hydrogens is 417 g/mol. The van der Waals surface area contributed by atoms with Crippen LogP contribution in [-0.2, 0) is 0 Å². The molecule has 2 heterocycles. The van der Waals surface area contributed by atoms with E-state index in [2.05, 4.69) is 93.4 Å². The molecule has 116 valence electrons. The monoisotopic (exact) mass is 434 g/mol. The van der Waals surface area contributed by atoms with Crippen molar-refractivity contribution in [2.45, 2.75) is 22.0 Å². The van der Waals surface area contributed by atoms with E-state index < -0.39 is 0 Å². The minimum atomic E-state index is 0.402. The molecule has 5 heteroatoms. The lowest BCUT2D eigenvalue weighted by Gasteiger charge is -2.19. The fraction of sp³-hybridized carbons (Fsp3) is 0.222. The van der Waals surface area contributed by atoms with Crippen molar-refractivity contribution in [2.75, 3.05) is 5.75 Å². The summed E-state index contributed by atoms with van der Waals surface area (Å²) in [5.41, 5.74) is 2.32. The topological polar surface area (TPSA) is 21.7 Å². The van der Waals surface area contributed by atoms with Crippen molar-refractivity contribution in [3.8, 4) is 17.1 Å². The van der Waals surface area contributed by atoms with E-state index in [1.54, 1.807) is 0 Å². The summed E-state index contributed by atoms with van der Waals surface area (Å²) >= 11 is 4.43. The number of aromatic nitrogens is 3. The Balaban J connectivity index is 1.97. The molecule has 0 saturated heterocycles. The van der Waals surface area contributed by atoms with E-state index in [0.29, 0.717) is 9.97 Å². The standard InChI is InChI=1S/C18H17IN3S/c1-13-16(19)12-23-18-21(15-10-6-3-7-11-15)17(20-22(13)18)14-8-4-2-5-9-14/h2-11,13,16H,12H2,1H3/q+1. The Kier molecular flexibility index (Phi) is 4.15. The molecule has 23 heavy (non-hydrogen) atoms. The quantitative estimate of drug-likeness (QED) is 0.341. The molecule has 0 amide bonds. The zero-order valence-corrected chi connectivity index (χ0v) is 15.7. The van der Waals surface area contributed by atoms with E-state index >= 15 is 0 Å². The molecule has 3 nitrogen and oxygen atoms in total. The van der Waals surface area contributed by atoms with E-state index in [1.165, 1.54) is 10.8 Å². The number of para-hydroxylation sites is 1. The van der Waals surface area contributed by atoms with Crippen LogP contribution in [0.4, 0.5) is 0 Å². The van der Waals surface area contributed by atoms with E-state index in [0.717, 1.165) is 17.1 Å². The van der Waals surface area contributed by atoms with Gasteiger partial charge in [-0.3, -0.25) is 0 Å². The van der Waals surface area contributed by atoms with Gasteiger partial charge in [0, 0.05) is 10.9 Å². The van der Waals surface area contributed by atoms with Crippen LogP contribution in [0, 0.1) is 0 Å². The van der Waals surface area contributed by atoms with Crippen molar-refractivity contribution in [3.63, 3.8) is 0 Å². The van der Waals surface area contributed by atoms with Gasteiger partial charge in [0.15, 0.2) is 0 Å². The molecule has 1 aromatic heterocycles. The Hall–Kier alpha value is -1.34. The molecule has 2 unspecified atom stereocenters. The number of hydrogen-bond acceptors (Lipinski definition) is 2. The first-order valence-electron chi connectivity index (χ1n) is 7.68. The van der Waals surface area contributed by atoms with Crippen LogP contribution in [0.3, 0.4) is 0 Å². The summed E-state index contributed by atoms with van der Waals surface area (Å²) in [7, 11) is 0. The summed E-state index contributed by atoms with van der Waals surface area (Å²) in [6.07, 6.45) is 0. The van der Waals surface area contributed by atoms with Gasteiger partial charge in [0.1, 0.15) is 11.7 Å². The van der Waals surface area contributed by atoms with E-state index in [4.69, 9.17) is 5.10 Å². The number of thioether (sulfide) groups is 1. The Bertz CT molecular complexity index is 817. The summed E-state index contributed by atoms with van der Waals surface area (Å²) < 4.78 is 5.08. The molecule has 0 saturated carbocycles. The minimum Gasteiger partial charge on any atom is -0.184 e. The van der Waals surface area contributed by atoms with Gasteiger partial charge in [0.2, 0.25) is 0 Å². The van der Waals surface area contributed by atoms with Crippen LogP contribution in [0.15, 0.2) is 65.8 Å². The van der Waals surface area contributed by atoms with Gasteiger partial charge in [-0.25, -0.2) is 0 Å². The number of rotatable bonds is 2. The van der Waals surface area contributed by atoms with Crippen molar-refractivity contribution in [2.24, 2.45) is 0 Å². The maximum absolute atomic E-state index is 4.98. The van der Waals surface area contributed by atoms with E-state index in [9.17, 15) is 0 Å². The Morgan fingerprint density at radius 3 is 2.43 bits per heavy atom. The summed E-state index contributed by atoms with van der Waals surface area (Å²) in [6.45, 7) is 2.26. The molecule has 0 spiro atoms. The highest BCUT2D eigenvalue weighted by molar-refractivity contribution is 14.1. The number of fused-ring (bicyclic) bond motifs is 1. The first kappa shape index (κ1) is 15.2. The predicted octanol–water partition coefficient (Wildman–Crippen LogP) is 4.30. The zero-order valence-electron chi connectivity index (χ0n) is 12.8. The molecule has 0 N–H and O–H groups in total.